The molecule has 3 rings (SSSR count). The van der Waals surface area contributed by atoms with Gasteiger partial charge in [-0.15, -0.1) is 11.3 Å². The molecule has 1 aromatic carbocycles. The van der Waals surface area contributed by atoms with Crippen LogP contribution in [0.15, 0.2) is 24.3 Å². The number of carbonyl (C=O) groups excluding carboxylic acids is 3. The van der Waals surface area contributed by atoms with Crippen LogP contribution in [0.3, 0.4) is 0 Å². The molecule has 8 heteroatoms. The number of nitrogens with one attached hydrogen (secondary N) is 1. The summed E-state index contributed by atoms with van der Waals surface area (Å²) >= 11 is 1.39. The van der Waals surface area contributed by atoms with Crippen molar-refractivity contribution < 1.29 is 29.0 Å². The first-order valence-corrected chi connectivity index (χ1v) is 10.8. The lowest BCUT2D eigenvalue weighted by Gasteiger charge is -2.14. The largest absolute Gasteiger partial charge is 0.508 e. The molecular weight excluding hydrogens is 406 g/mol. The van der Waals surface area contributed by atoms with Crippen LogP contribution < -0.4 is 5.32 Å². The lowest BCUT2D eigenvalue weighted by molar-refractivity contribution is -0.152. The monoisotopic (exact) mass is 431 g/mol. The molecule has 1 aromatic heterocycles. The summed E-state index contributed by atoms with van der Waals surface area (Å²) in [6.07, 6.45) is 2.67. The normalized spacial score (nSPS) is 13.8. The second kappa shape index (κ2) is 9.75. The molecule has 0 aliphatic heterocycles. The van der Waals surface area contributed by atoms with Crippen molar-refractivity contribution in [3.05, 3.63) is 45.8 Å². The summed E-state index contributed by atoms with van der Waals surface area (Å²) in [6.45, 7) is 3.48. The van der Waals surface area contributed by atoms with Crippen molar-refractivity contribution in [2.45, 2.75) is 52.1 Å². The van der Waals surface area contributed by atoms with Gasteiger partial charge in [-0.3, -0.25) is 9.59 Å². The number of thiophene rings is 1. The standard InChI is InChI=1S/C22H25NO6S/c1-3-28-22(27)19-16-6-4-5-7-17(16)30-21(19)23-20(26)13(2)29-18(25)12-14-8-10-15(24)11-9-14/h8-11,13,24H,3-7,12H2,1-2H3,(H,23,26). The number of benzene rings is 1. The van der Waals surface area contributed by atoms with Crippen molar-refractivity contribution in [1.29, 1.82) is 0 Å². The molecule has 1 aliphatic carbocycles. The minimum Gasteiger partial charge on any atom is -0.508 e. The molecule has 2 N–H and O–H groups in total. The average molecular weight is 432 g/mol. The zero-order valence-electron chi connectivity index (χ0n) is 17.0. The maximum atomic E-state index is 12.6. The van der Waals surface area contributed by atoms with Gasteiger partial charge in [0.25, 0.3) is 5.91 Å². The van der Waals surface area contributed by atoms with Crippen LogP contribution in [0.25, 0.3) is 0 Å². The third-order valence-electron chi connectivity index (χ3n) is 4.85. The van der Waals surface area contributed by atoms with E-state index in [-0.39, 0.29) is 18.8 Å². The van der Waals surface area contributed by atoms with Crippen LogP contribution >= 0.6 is 11.3 Å². The van der Waals surface area contributed by atoms with Crippen LogP contribution in [0.4, 0.5) is 5.00 Å². The molecular formula is C22H25NO6S. The van der Waals surface area contributed by atoms with Gasteiger partial charge in [0.2, 0.25) is 0 Å². The van der Waals surface area contributed by atoms with Crippen LogP contribution in [0.5, 0.6) is 5.75 Å². The second-order valence-corrected chi connectivity index (χ2v) is 8.21. The number of hydrogen-bond acceptors (Lipinski definition) is 7. The van der Waals surface area contributed by atoms with Crippen LogP contribution in [0.1, 0.15) is 53.1 Å². The van der Waals surface area contributed by atoms with Crippen molar-refractivity contribution in [2.24, 2.45) is 0 Å². The molecule has 0 fully saturated rings. The van der Waals surface area contributed by atoms with Gasteiger partial charge < -0.3 is 19.9 Å². The SMILES string of the molecule is CCOC(=O)c1c(NC(=O)C(C)OC(=O)Cc2ccc(O)cc2)sc2c1CCCC2. The second-order valence-electron chi connectivity index (χ2n) is 7.10. The van der Waals surface area contributed by atoms with E-state index < -0.39 is 23.9 Å². The highest BCUT2D eigenvalue weighted by molar-refractivity contribution is 7.17. The highest BCUT2D eigenvalue weighted by Gasteiger charge is 2.28. The van der Waals surface area contributed by atoms with E-state index in [1.54, 1.807) is 19.1 Å². The van der Waals surface area contributed by atoms with E-state index in [2.05, 4.69) is 5.32 Å². The third kappa shape index (κ3) is 5.18. The number of anilines is 1. The molecule has 0 saturated carbocycles. The van der Waals surface area contributed by atoms with Gasteiger partial charge in [-0.05, 0) is 62.8 Å². The highest BCUT2D eigenvalue weighted by Crippen LogP contribution is 2.38. The number of aryl methyl sites for hydroxylation is 1. The third-order valence-corrected chi connectivity index (χ3v) is 6.06. The Morgan fingerprint density at radius 3 is 2.57 bits per heavy atom. The number of ether oxygens (including phenoxy) is 2. The molecule has 0 spiro atoms. The first-order chi connectivity index (χ1) is 14.4. The summed E-state index contributed by atoms with van der Waals surface area (Å²) in [5.74, 6) is -1.39. The quantitative estimate of drug-likeness (QED) is 0.649. The Labute approximate surface area is 179 Å². The minimum absolute atomic E-state index is 0.0146. The van der Waals surface area contributed by atoms with Gasteiger partial charge >= 0.3 is 11.9 Å². The summed E-state index contributed by atoms with van der Waals surface area (Å²) in [7, 11) is 0. The van der Waals surface area contributed by atoms with E-state index in [9.17, 15) is 19.5 Å². The van der Waals surface area contributed by atoms with Crippen molar-refractivity contribution in [3.63, 3.8) is 0 Å². The lowest BCUT2D eigenvalue weighted by Crippen LogP contribution is -2.30. The molecule has 0 saturated heterocycles. The zero-order valence-corrected chi connectivity index (χ0v) is 17.8. The van der Waals surface area contributed by atoms with E-state index in [0.717, 1.165) is 36.1 Å². The van der Waals surface area contributed by atoms with Crippen LogP contribution in [0.2, 0.25) is 0 Å². The van der Waals surface area contributed by atoms with Crippen molar-refractivity contribution in [3.8, 4) is 5.75 Å². The van der Waals surface area contributed by atoms with E-state index in [4.69, 9.17) is 9.47 Å². The number of rotatable bonds is 7. The van der Waals surface area contributed by atoms with E-state index in [1.807, 2.05) is 0 Å². The van der Waals surface area contributed by atoms with Crippen molar-refractivity contribution >= 4 is 34.2 Å². The number of esters is 2. The Hall–Kier alpha value is -2.87. The Balaban J connectivity index is 1.67. The molecule has 1 aliphatic rings. The van der Waals surface area contributed by atoms with E-state index in [1.165, 1.54) is 30.4 Å². The van der Waals surface area contributed by atoms with Gasteiger partial charge in [0.05, 0.1) is 18.6 Å². The van der Waals surface area contributed by atoms with Gasteiger partial charge in [0.15, 0.2) is 6.10 Å². The Bertz CT molecular complexity index is 934. The predicted octanol–water partition coefficient (Wildman–Crippen LogP) is 3.62. The van der Waals surface area contributed by atoms with Gasteiger partial charge in [-0.1, -0.05) is 12.1 Å². The zero-order chi connectivity index (χ0) is 21.7. The number of hydrogen-bond donors (Lipinski definition) is 2. The summed E-state index contributed by atoms with van der Waals surface area (Å²) in [6, 6.07) is 6.19. The smallest absolute Gasteiger partial charge is 0.341 e. The van der Waals surface area contributed by atoms with Gasteiger partial charge in [-0.25, -0.2) is 4.79 Å². The van der Waals surface area contributed by atoms with Crippen molar-refractivity contribution in [2.75, 3.05) is 11.9 Å². The Morgan fingerprint density at radius 1 is 1.17 bits per heavy atom. The summed E-state index contributed by atoms with van der Waals surface area (Å²) in [4.78, 5) is 38.4. The number of fused-ring (bicyclic) bond motifs is 1. The number of aromatic hydroxyl groups is 1. The number of amides is 1. The molecule has 2 aromatic rings. The molecule has 0 bridgehead atoms. The first kappa shape index (κ1) is 21.8. The molecule has 160 valence electrons. The predicted molar refractivity (Wildman–Crippen MR) is 113 cm³/mol. The fraction of sp³-hybridized carbons (Fsp3) is 0.409. The van der Waals surface area contributed by atoms with Crippen LogP contribution in [-0.4, -0.2) is 35.7 Å². The summed E-state index contributed by atoms with van der Waals surface area (Å²) < 4.78 is 10.4. The average Bonchev–Trinajstić information content (AvgIpc) is 3.07. The topological polar surface area (TPSA) is 102 Å². The van der Waals surface area contributed by atoms with Gasteiger partial charge in [0.1, 0.15) is 10.8 Å². The Morgan fingerprint density at radius 2 is 1.87 bits per heavy atom. The fourth-order valence-electron chi connectivity index (χ4n) is 3.36. The van der Waals surface area contributed by atoms with Gasteiger partial charge in [-0.2, -0.15) is 0 Å². The maximum absolute atomic E-state index is 12.6. The van der Waals surface area contributed by atoms with Gasteiger partial charge in [0, 0.05) is 4.88 Å². The molecule has 1 unspecified atom stereocenters. The molecule has 0 radical (unpaired) electrons. The summed E-state index contributed by atoms with van der Waals surface area (Å²) in [5, 5.41) is 12.5. The number of phenolic OH excluding ortho intramolecular Hbond substituents is 1. The number of carbonyl (C=O) groups is 3. The van der Waals surface area contributed by atoms with Crippen LogP contribution in [0, 0.1) is 0 Å². The first-order valence-electron chi connectivity index (χ1n) is 9.99. The van der Waals surface area contributed by atoms with E-state index in [0.29, 0.717) is 16.1 Å². The molecule has 1 atom stereocenters. The minimum atomic E-state index is -1.02. The fourth-order valence-corrected chi connectivity index (χ4v) is 4.64. The lowest BCUT2D eigenvalue weighted by atomic mass is 9.95. The van der Waals surface area contributed by atoms with Crippen molar-refractivity contribution in [1.82, 2.24) is 0 Å². The highest BCUT2D eigenvalue weighted by atomic mass is 32.1. The molecule has 1 amide bonds. The number of phenols is 1. The Kier molecular flexibility index (Phi) is 7.10. The molecule has 7 nitrogen and oxygen atoms in total. The summed E-state index contributed by atoms with van der Waals surface area (Å²) in [5.41, 5.74) is 2.05. The molecule has 30 heavy (non-hydrogen) atoms. The molecule has 1 heterocycles. The van der Waals surface area contributed by atoms with Crippen LogP contribution in [-0.2, 0) is 38.3 Å². The van der Waals surface area contributed by atoms with E-state index >= 15 is 0 Å². The maximum Gasteiger partial charge on any atom is 0.341 e.